The Kier molecular flexibility index (Phi) is 8.58. The fraction of sp³-hybridized carbons (Fsp3) is 0.208. The number of esters is 2. The molecule has 0 saturated heterocycles. The number of ether oxygens (including phenoxy) is 2. The molecule has 0 fully saturated rings. The number of hydrogen-bond acceptors (Lipinski definition) is 8. The lowest BCUT2D eigenvalue weighted by Crippen LogP contribution is -2.16. The summed E-state index contributed by atoms with van der Waals surface area (Å²) in [5.74, 6) is -0.822. The Morgan fingerprint density at radius 1 is 1.03 bits per heavy atom. The van der Waals surface area contributed by atoms with Gasteiger partial charge in [-0.1, -0.05) is 48.2 Å². The van der Waals surface area contributed by atoms with Crippen LogP contribution in [0, 0.1) is 0 Å². The second-order valence-electron chi connectivity index (χ2n) is 7.08. The molecule has 0 aliphatic heterocycles. The molecule has 9 nitrogen and oxygen atoms in total. The average Bonchev–Trinajstić information content (AvgIpc) is 3.23. The number of aromatic nitrogens is 3. The molecule has 1 amide bonds. The molecular weight excluding hydrogens is 456 g/mol. The van der Waals surface area contributed by atoms with Crippen LogP contribution in [0.4, 0.5) is 5.69 Å². The minimum Gasteiger partial charge on any atom is -0.465 e. The maximum atomic E-state index is 12.6. The molecule has 0 saturated carbocycles. The van der Waals surface area contributed by atoms with E-state index in [1.165, 1.54) is 44.2 Å². The lowest BCUT2D eigenvalue weighted by Gasteiger charge is -2.10. The predicted molar refractivity (Wildman–Crippen MR) is 128 cm³/mol. The van der Waals surface area contributed by atoms with Crippen molar-refractivity contribution in [1.82, 2.24) is 14.8 Å². The Balaban J connectivity index is 1.72. The third-order valence-corrected chi connectivity index (χ3v) is 5.67. The van der Waals surface area contributed by atoms with Crippen LogP contribution in [-0.4, -0.2) is 52.6 Å². The molecule has 1 aromatic heterocycles. The largest absolute Gasteiger partial charge is 0.465 e. The van der Waals surface area contributed by atoms with Gasteiger partial charge in [0.15, 0.2) is 5.16 Å². The molecule has 0 unspecified atom stereocenters. The Labute approximate surface area is 201 Å². The van der Waals surface area contributed by atoms with Crippen molar-refractivity contribution in [3.05, 3.63) is 83.7 Å². The van der Waals surface area contributed by atoms with Gasteiger partial charge in [-0.3, -0.25) is 4.79 Å². The van der Waals surface area contributed by atoms with Crippen LogP contribution < -0.4 is 5.32 Å². The molecule has 0 atom stereocenters. The van der Waals surface area contributed by atoms with Crippen molar-refractivity contribution in [2.24, 2.45) is 0 Å². The summed E-state index contributed by atoms with van der Waals surface area (Å²) in [5.41, 5.74) is 1.60. The van der Waals surface area contributed by atoms with Gasteiger partial charge in [0.1, 0.15) is 5.82 Å². The van der Waals surface area contributed by atoms with Crippen LogP contribution >= 0.6 is 11.8 Å². The topological polar surface area (TPSA) is 112 Å². The summed E-state index contributed by atoms with van der Waals surface area (Å²) in [7, 11) is 2.46. The van der Waals surface area contributed by atoms with Gasteiger partial charge < -0.3 is 19.4 Å². The van der Waals surface area contributed by atoms with Crippen LogP contribution in [0.1, 0.15) is 32.1 Å². The van der Waals surface area contributed by atoms with Crippen molar-refractivity contribution >= 4 is 35.3 Å². The SMILES string of the molecule is C=CCn1c(Cc2ccccc2)nnc1SCC(=O)Nc1cc(C(=O)OC)cc(C(=O)OC)c1. The molecule has 3 aromatic rings. The number of thioether (sulfide) groups is 1. The summed E-state index contributed by atoms with van der Waals surface area (Å²) in [6.07, 6.45) is 2.35. The molecule has 0 radical (unpaired) electrons. The highest BCUT2D eigenvalue weighted by atomic mass is 32.2. The molecule has 10 heteroatoms. The van der Waals surface area contributed by atoms with Gasteiger partial charge in [-0.2, -0.15) is 0 Å². The summed E-state index contributed by atoms with van der Waals surface area (Å²) < 4.78 is 11.3. The number of rotatable bonds is 10. The average molecular weight is 481 g/mol. The van der Waals surface area contributed by atoms with Crippen LogP contribution in [0.2, 0.25) is 0 Å². The van der Waals surface area contributed by atoms with E-state index in [0.717, 1.165) is 11.4 Å². The summed E-state index contributed by atoms with van der Waals surface area (Å²) in [6.45, 7) is 4.30. The van der Waals surface area contributed by atoms with E-state index in [-0.39, 0.29) is 28.5 Å². The number of allylic oxidation sites excluding steroid dienone is 1. The van der Waals surface area contributed by atoms with Crippen molar-refractivity contribution in [2.75, 3.05) is 25.3 Å². The van der Waals surface area contributed by atoms with Crippen LogP contribution in [-0.2, 0) is 27.2 Å². The van der Waals surface area contributed by atoms with E-state index in [1.807, 2.05) is 34.9 Å². The summed E-state index contributed by atoms with van der Waals surface area (Å²) in [4.78, 5) is 36.5. The third-order valence-electron chi connectivity index (χ3n) is 4.70. The Hall–Kier alpha value is -3.92. The van der Waals surface area contributed by atoms with Crippen molar-refractivity contribution in [3.8, 4) is 0 Å². The van der Waals surface area contributed by atoms with Gasteiger partial charge in [0.25, 0.3) is 0 Å². The minimum atomic E-state index is -0.640. The van der Waals surface area contributed by atoms with Crippen LogP contribution in [0.15, 0.2) is 66.3 Å². The Bertz CT molecular complexity index is 1160. The highest BCUT2D eigenvalue weighted by Crippen LogP contribution is 2.21. The predicted octanol–water partition coefficient (Wildman–Crippen LogP) is 3.36. The van der Waals surface area contributed by atoms with Gasteiger partial charge in [0.05, 0.1) is 31.1 Å². The Morgan fingerprint density at radius 2 is 1.68 bits per heavy atom. The monoisotopic (exact) mass is 480 g/mol. The number of carbonyl (C=O) groups is 3. The number of anilines is 1. The number of nitrogens with one attached hydrogen (secondary N) is 1. The van der Waals surface area contributed by atoms with Crippen molar-refractivity contribution in [1.29, 1.82) is 0 Å². The zero-order chi connectivity index (χ0) is 24.5. The fourth-order valence-corrected chi connectivity index (χ4v) is 3.91. The zero-order valence-electron chi connectivity index (χ0n) is 18.8. The van der Waals surface area contributed by atoms with E-state index in [0.29, 0.717) is 18.1 Å². The standard InChI is InChI=1S/C24H24N4O5S/c1-4-10-28-20(11-16-8-6-5-7-9-16)26-27-24(28)34-15-21(29)25-19-13-17(22(30)32-2)12-18(14-19)23(31)33-3/h4-9,12-14H,1,10-11,15H2,2-3H3,(H,25,29). The molecular formula is C24H24N4O5S. The van der Waals surface area contributed by atoms with Gasteiger partial charge >= 0.3 is 11.9 Å². The molecule has 0 aliphatic carbocycles. The molecule has 1 N–H and O–H groups in total. The molecule has 176 valence electrons. The quantitative estimate of drug-likeness (QED) is 0.267. The van der Waals surface area contributed by atoms with Gasteiger partial charge in [0, 0.05) is 18.7 Å². The van der Waals surface area contributed by atoms with Crippen LogP contribution in [0.5, 0.6) is 0 Å². The minimum absolute atomic E-state index is 0.0383. The molecule has 0 spiro atoms. The number of amides is 1. The molecule has 0 bridgehead atoms. The lowest BCUT2D eigenvalue weighted by molar-refractivity contribution is -0.113. The van der Waals surface area contributed by atoms with Gasteiger partial charge in [-0.25, -0.2) is 9.59 Å². The fourth-order valence-electron chi connectivity index (χ4n) is 3.15. The highest BCUT2D eigenvalue weighted by Gasteiger charge is 2.17. The first-order chi connectivity index (χ1) is 16.4. The number of benzene rings is 2. The normalized spacial score (nSPS) is 10.4. The highest BCUT2D eigenvalue weighted by molar-refractivity contribution is 7.99. The summed E-state index contributed by atoms with van der Waals surface area (Å²) in [6, 6.07) is 14.1. The number of methoxy groups -OCH3 is 2. The molecule has 1 heterocycles. The molecule has 2 aromatic carbocycles. The van der Waals surface area contributed by atoms with E-state index in [4.69, 9.17) is 9.47 Å². The van der Waals surface area contributed by atoms with Gasteiger partial charge in [-0.15, -0.1) is 16.8 Å². The van der Waals surface area contributed by atoms with Crippen LogP contribution in [0.25, 0.3) is 0 Å². The maximum Gasteiger partial charge on any atom is 0.337 e. The molecule has 3 rings (SSSR count). The third kappa shape index (κ3) is 6.32. The van der Waals surface area contributed by atoms with E-state index in [2.05, 4.69) is 22.1 Å². The van der Waals surface area contributed by atoms with E-state index >= 15 is 0 Å². The zero-order valence-corrected chi connectivity index (χ0v) is 19.6. The first kappa shape index (κ1) is 24.7. The first-order valence-electron chi connectivity index (χ1n) is 10.3. The van der Waals surface area contributed by atoms with E-state index in [9.17, 15) is 14.4 Å². The van der Waals surface area contributed by atoms with E-state index < -0.39 is 11.9 Å². The number of nitrogens with zero attached hydrogens (tertiary/aromatic N) is 3. The van der Waals surface area contributed by atoms with Gasteiger partial charge in [0.2, 0.25) is 5.91 Å². The lowest BCUT2D eigenvalue weighted by atomic mass is 10.1. The smallest absolute Gasteiger partial charge is 0.337 e. The van der Waals surface area contributed by atoms with E-state index in [1.54, 1.807) is 6.08 Å². The Morgan fingerprint density at radius 3 is 2.26 bits per heavy atom. The maximum absolute atomic E-state index is 12.6. The number of hydrogen-bond donors (Lipinski definition) is 1. The first-order valence-corrected chi connectivity index (χ1v) is 11.2. The second kappa shape index (κ2) is 11.8. The van der Waals surface area contributed by atoms with Gasteiger partial charge in [-0.05, 0) is 23.8 Å². The van der Waals surface area contributed by atoms with Crippen molar-refractivity contribution in [2.45, 2.75) is 18.1 Å². The number of carbonyl (C=O) groups excluding carboxylic acids is 3. The van der Waals surface area contributed by atoms with Crippen molar-refractivity contribution < 1.29 is 23.9 Å². The molecule has 34 heavy (non-hydrogen) atoms. The second-order valence-corrected chi connectivity index (χ2v) is 8.02. The summed E-state index contributed by atoms with van der Waals surface area (Å²) in [5, 5.41) is 11.8. The van der Waals surface area contributed by atoms with Crippen molar-refractivity contribution in [3.63, 3.8) is 0 Å². The molecule has 0 aliphatic rings. The van der Waals surface area contributed by atoms with Crippen LogP contribution in [0.3, 0.4) is 0 Å². The summed E-state index contributed by atoms with van der Waals surface area (Å²) >= 11 is 1.22.